The maximum absolute atomic E-state index is 9.44. The van der Waals surface area contributed by atoms with Crippen molar-refractivity contribution in [1.29, 1.82) is 0 Å². The van der Waals surface area contributed by atoms with Gasteiger partial charge in [0.25, 0.3) is 10.1 Å². The van der Waals surface area contributed by atoms with Crippen molar-refractivity contribution in [1.82, 2.24) is 0 Å². The van der Waals surface area contributed by atoms with Gasteiger partial charge in [-0.1, -0.05) is 0 Å². The van der Waals surface area contributed by atoms with Crippen molar-refractivity contribution in [3.05, 3.63) is 0 Å². The molecule has 0 fully saturated rings. The average molecular weight is 154 g/mol. The minimum absolute atomic E-state index is 0.167. The van der Waals surface area contributed by atoms with E-state index in [4.69, 9.17) is 4.55 Å². The zero-order valence-electron chi connectivity index (χ0n) is 5.58. The third kappa shape index (κ3) is 1340. The van der Waals surface area contributed by atoms with Gasteiger partial charge in [-0.3, -0.25) is 4.55 Å². The highest BCUT2D eigenvalue weighted by molar-refractivity contribution is 7.85. The van der Waals surface area contributed by atoms with Crippen LogP contribution in [0.15, 0.2) is 0 Å². The smallest absolute Gasteiger partial charge is 0.261 e. The molecule has 5 heteroatoms. The van der Waals surface area contributed by atoms with Crippen LogP contribution in [0.4, 0.5) is 0 Å². The predicted molar refractivity (Wildman–Crippen MR) is 33.8 cm³/mol. The summed E-state index contributed by atoms with van der Waals surface area (Å²) in [5.41, 5.74) is 0. The molecule has 0 atom stereocenters. The van der Waals surface area contributed by atoms with Crippen molar-refractivity contribution < 1.29 is 17.8 Å². The second kappa shape index (κ2) is 4.46. The lowest BCUT2D eigenvalue weighted by atomic mass is 10.6. The molecule has 0 aliphatic carbocycles. The van der Waals surface area contributed by atoms with E-state index < -0.39 is 10.1 Å². The lowest BCUT2D eigenvalue weighted by molar-refractivity contribution is -0.114. The van der Waals surface area contributed by atoms with Crippen LogP contribution < -0.4 is 0 Å². The monoisotopic (exact) mass is 154 g/mol. The highest BCUT2D eigenvalue weighted by Crippen LogP contribution is 1.60. The molecule has 0 aliphatic rings. The average Bonchev–Trinajstić information content (AvgIpc) is 1.19. The first kappa shape index (κ1) is 11.4. The standard InChI is InChI=1S/C3H6O.CH4O3S/c1-3(2)4;1-5(2,3)4/h1-2H3;1H3,(H,2,3,4). The van der Waals surface area contributed by atoms with Crippen molar-refractivity contribution in [2.75, 3.05) is 6.26 Å². The number of rotatable bonds is 0. The summed E-state index contributed by atoms with van der Waals surface area (Å²) in [6.45, 7) is 3.06. The fraction of sp³-hybridized carbons (Fsp3) is 0.750. The zero-order valence-corrected chi connectivity index (χ0v) is 6.40. The van der Waals surface area contributed by atoms with Gasteiger partial charge in [0, 0.05) is 0 Å². The summed E-state index contributed by atoms with van der Waals surface area (Å²) in [6.07, 6.45) is 0.715. The molecule has 1 N–H and O–H groups in total. The fourth-order valence-electron chi connectivity index (χ4n) is 0. The molecule has 0 unspecified atom stereocenters. The lowest BCUT2D eigenvalue weighted by Crippen LogP contribution is -1.88. The Morgan fingerprint density at radius 1 is 1.33 bits per heavy atom. The summed E-state index contributed by atoms with van der Waals surface area (Å²) in [5.74, 6) is 0.167. The maximum atomic E-state index is 9.44. The van der Waals surface area contributed by atoms with Gasteiger partial charge in [-0.2, -0.15) is 8.42 Å². The Hall–Kier alpha value is -0.420. The lowest BCUT2D eigenvalue weighted by Gasteiger charge is -1.69. The third-order valence-electron chi connectivity index (χ3n) is 0. The summed E-state index contributed by atoms with van der Waals surface area (Å²) in [7, 11) is -3.67. The van der Waals surface area contributed by atoms with E-state index in [9.17, 15) is 13.2 Å². The van der Waals surface area contributed by atoms with Crippen LogP contribution >= 0.6 is 0 Å². The summed E-state index contributed by atoms with van der Waals surface area (Å²) in [5, 5.41) is 0. The van der Waals surface area contributed by atoms with Gasteiger partial charge in [0.15, 0.2) is 0 Å². The van der Waals surface area contributed by atoms with Gasteiger partial charge in [-0.25, -0.2) is 0 Å². The van der Waals surface area contributed by atoms with Gasteiger partial charge < -0.3 is 4.79 Å². The van der Waals surface area contributed by atoms with Crippen molar-refractivity contribution >= 4 is 15.9 Å². The fourth-order valence-corrected chi connectivity index (χ4v) is 0. The minimum atomic E-state index is -3.67. The molecule has 0 aliphatic heterocycles. The SMILES string of the molecule is CC(C)=O.CS(=O)(=O)O. The van der Waals surface area contributed by atoms with Gasteiger partial charge in [0.1, 0.15) is 5.78 Å². The van der Waals surface area contributed by atoms with Crippen LogP contribution in [0.2, 0.25) is 0 Å². The Kier molecular flexibility index (Phi) is 5.64. The van der Waals surface area contributed by atoms with E-state index in [2.05, 4.69) is 0 Å². The Morgan fingerprint density at radius 3 is 1.33 bits per heavy atom. The molecular weight excluding hydrogens is 144 g/mol. The topological polar surface area (TPSA) is 71.4 Å². The molecule has 0 aromatic rings. The number of carbonyl (C=O) groups is 1. The first-order valence-electron chi connectivity index (χ1n) is 2.13. The van der Waals surface area contributed by atoms with E-state index in [0.29, 0.717) is 6.26 Å². The summed E-state index contributed by atoms with van der Waals surface area (Å²) in [6, 6.07) is 0. The van der Waals surface area contributed by atoms with Crippen LogP contribution in [-0.2, 0) is 14.9 Å². The predicted octanol–water partition coefficient (Wildman–Crippen LogP) is 0.0993. The molecule has 4 nitrogen and oxygen atoms in total. The van der Waals surface area contributed by atoms with Crippen LogP contribution in [0.5, 0.6) is 0 Å². The van der Waals surface area contributed by atoms with Crippen molar-refractivity contribution in [2.24, 2.45) is 0 Å². The number of Topliss-reactive ketones (excluding diaryl/α,β-unsaturated/α-hetero) is 1. The number of ketones is 1. The molecule has 9 heavy (non-hydrogen) atoms. The summed E-state index contributed by atoms with van der Waals surface area (Å²) >= 11 is 0. The number of hydrogen-bond acceptors (Lipinski definition) is 3. The van der Waals surface area contributed by atoms with E-state index in [1.54, 1.807) is 0 Å². The van der Waals surface area contributed by atoms with Gasteiger partial charge in [-0.05, 0) is 13.8 Å². The van der Waals surface area contributed by atoms with Crippen LogP contribution in [0, 0.1) is 0 Å². The summed E-state index contributed by atoms with van der Waals surface area (Å²) < 4.78 is 25.9. The second-order valence-corrected chi connectivity index (χ2v) is 3.11. The molecular formula is C4H10O4S. The van der Waals surface area contributed by atoms with Crippen LogP contribution in [0.25, 0.3) is 0 Å². The molecule has 0 spiro atoms. The first-order valence-corrected chi connectivity index (χ1v) is 3.98. The Morgan fingerprint density at radius 2 is 1.33 bits per heavy atom. The van der Waals surface area contributed by atoms with Crippen LogP contribution in [0.3, 0.4) is 0 Å². The van der Waals surface area contributed by atoms with Crippen molar-refractivity contribution in [2.45, 2.75) is 13.8 Å². The highest BCUT2D eigenvalue weighted by Gasteiger charge is 1.81. The Labute approximate surface area is 54.6 Å². The van der Waals surface area contributed by atoms with Crippen molar-refractivity contribution in [3.63, 3.8) is 0 Å². The molecule has 0 saturated heterocycles. The second-order valence-electron chi connectivity index (χ2n) is 1.64. The molecule has 0 heterocycles. The minimum Gasteiger partial charge on any atom is -0.300 e. The quantitative estimate of drug-likeness (QED) is 0.502. The molecule has 0 aromatic carbocycles. The zero-order chi connectivity index (χ0) is 8.08. The molecule has 0 bridgehead atoms. The molecule has 0 amide bonds. The van der Waals surface area contributed by atoms with Gasteiger partial charge in [-0.15, -0.1) is 0 Å². The van der Waals surface area contributed by atoms with Gasteiger partial charge >= 0.3 is 0 Å². The number of hydrogen-bond donors (Lipinski definition) is 1. The molecule has 0 saturated carbocycles. The highest BCUT2D eigenvalue weighted by atomic mass is 32.2. The van der Waals surface area contributed by atoms with Gasteiger partial charge in [0.05, 0.1) is 6.26 Å². The van der Waals surface area contributed by atoms with Crippen molar-refractivity contribution in [3.8, 4) is 0 Å². The summed E-state index contributed by atoms with van der Waals surface area (Å²) in [4.78, 5) is 9.44. The molecule has 0 radical (unpaired) electrons. The number of carbonyl (C=O) groups excluding carboxylic acids is 1. The van der Waals surface area contributed by atoms with E-state index in [1.807, 2.05) is 0 Å². The Bertz CT molecular complexity index is 155. The largest absolute Gasteiger partial charge is 0.300 e. The van der Waals surface area contributed by atoms with Crippen LogP contribution in [-0.4, -0.2) is 25.0 Å². The Balaban J connectivity index is 0. The molecule has 56 valence electrons. The van der Waals surface area contributed by atoms with E-state index in [-0.39, 0.29) is 5.78 Å². The first-order chi connectivity index (χ1) is 3.73. The van der Waals surface area contributed by atoms with Crippen LogP contribution in [0.1, 0.15) is 13.8 Å². The van der Waals surface area contributed by atoms with E-state index >= 15 is 0 Å². The van der Waals surface area contributed by atoms with E-state index in [1.165, 1.54) is 13.8 Å². The molecule has 0 rings (SSSR count). The maximum Gasteiger partial charge on any atom is 0.261 e. The normalized spacial score (nSPS) is 9.33. The third-order valence-corrected chi connectivity index (χ3v) is 0. The molecule has 0 aromatic heterocycles. The van der Waals surface area contributed by atoms with E-state index in [0.717, 1.165) is 0 Å². The van der Waals surface area contributed by atoms with Gasteiger partial charge in [0.2, 0.25) is 0 Å².